The molecule has 4 unspecified atom stereocenters. The zero-order valence-electron chi connectivity index (χ0n) is 65.8. The van der Waals surface area contributed by atoms with E-state index >= 15 is 0 Å². The standard InChI is InChI=1S/C81H158O17P2/c1-9-73(7)59-51-43-35-29-22-18-15-16-20-24-32-38-48-56-64-81(86)98-77(68-92-79(84)62-54-46-40-39-44-52-60-74(8)10-2)70-96-100(89,90)94-66-75(82)65-93-99(87,88)95-69-76(67-91-78(83)61-53-45-36-30-26-25-28-34-42-50-58-72(5)6)97-80(85)63-55-47-37-31-23-19-14-12-11-13-17-21-27-33-41-49-57-71(3)4/h71-77,82H,9-70H2,1-8H3,(H,87,88)(H,89,90)/t73?,74?,75-,76-,77-/m1/s1. The number of phosphoric acid groups is 2. The highest BCUT2D eigenvalue weighted by Gasteiger charge is 2.30. The lowest BCUT2D eigenvalue weighted by Gasteiger charge is -2.21. The third-order valence-corrected chi connectivity index (χ3v) is 21.4. The first-order chi connectivity index (χ1) is 48.2. The second-order valence-electron chi connectivity index (χ2n) is 30.6. The van der Waals surface area contributed by atoms with Crippen molar-refractivity contribution in [3.63, 3.8) is 0 Å². The Morgan fingerprint density at radius 3 is 0.710 bits per heavy atom. The molecule has 0 rings (SSSR count). The molecule has 0 aliphatic carbocycles. The Bertz CT molecular complexity index is 1960. The number of carbonyl (C=O) groups excluding carboxylic acids is 4. The van der Waals surface area contributed by atoms with E-state index in [0.29, 0.717) is 25.7 Å². The van der Waals surface area contributed by atoms with Crippen LogP contribution in [-0.4, -0.2) is 96.7 Å². The van der Waals surface area contributed by atoms with Gasteiger partial charge in [-0.15, -0.1) is 0 Å². The van der Waals surface area contributed by atoms with E-state index in [0.717, 1.165) is 120 Å². The first-order valence-corrected chi connectivity index (χ1v) is 44.8. The number of hydrogen-bond acceptors (Lipinski definition) is 15. The van der Waals surface area contributed by atoms with Gasteiger partial charge in [-0.1, -0.05) is 364 Å². The maximum atomic E-state index is 13.1. The molecule has 19 heteroatoms. The lowest BCUT2D eigenvalue weighted by Crippen LogP contribution is -2.30. The van der Waals surface area contributed by atoms with E-state index in [1.165, 1.54) is 212 Å². The van der Waals surface area contributed by atoms with Crippen LogP contribution >= 0.6 is 15.6 Å². The summed E-state index contributed by atoms with van der Waals surface area (Å²) in [5.74, 6) is 1.03. The summed E-state index contributed by atoms with van der Waals surface area (Å²) in [4.78, 5) is 73.0. The molecule has 3 N–H and O–H groups in total. The predicted molar refractivity (Wildman–Crippen MR) is 409 cm³/mol. The summed E-state index contributed by atoms with van der Waals surface area (Å²) in [7, 11) is -9.92. The molecule has 100 heavy (non-hydrogen) atoms. The number of ether oxygens (including phenoxy) is 4. The van der Waals surface area contributed by atoms with Crippen molar-refractivity contribution in [1.29, 1.82) is 0 Å². The van der Waals surface area contributed by atoms with E-state index in [9.17, 15) is 43.2 Å². The second-order valence-corrected chi connectivity index (χ2v) is 33.5. The van der Waals surface area contributed by atoms with E-state index in [1.807, 2.05) is 0 Å². The van der Waals surface area contributed by atoms with Gasteiger partial charge in [0.2, 0.25) is 0 Å². The molecule has 0 aromatic carbocycles. The molecule has 0 bridgehead atoms. The van der Waals surface area contributed by atoms with Crippen LogP contribution in [0.1, 0.15) is 415 Å². The third-order valence-electron chi connectivity index (χ3n) is 19.5. The Labute approximate surface area is 613 Å². The van der Waals surface area contributed by atoms with Crippen LogP contribution in [0.15, 0.2) is 0 Å². The molecule has 0 heterocycles. The lowest BCUT2D eigenvalue weighted by molar-refractivity contribution is -0.161. The highest BCUT2D eigenvalue weighted by Crippen LogP contribution is 2.45. The highest BCUT2D eigenvalue weighted by molar-refractivity contribution is 7.47. The molecule has 0 saturated heterocycles. The number of esters is 4. The Hall–Kier alpha value is -1.94. The van der Waals surface area contributed by atoms with Crippen molar-refractivity contribution in [2.75, 3.05) is 39.6 Å². The third kappa shape index (κ3) is 71.7. The predicted octanol–water partition coefficient (Wildman–Crippen LogP) is 24.0. The number of aliphatic hydroxyl groups excluding tert-OH is 1. The first kappa shape index (κ1) is 98.1. The molecule has 0 aromatic heterocycles. The normalized spacial score (nSPS) is 14.6. The van der Waals surface area contributed by atoms with Gasteiger partial charge in [0.15, 0.2) is 12.2 Å². The Morgan fingerprint density at radius 2 is 0.480 bits per heavy atom. The minimum absolute atomic E-state index is 0.106. The van der Waals surface area contributed by atoms with Crippen molar-refractivity contribution in [1.82, 2.24) is 0 Å². The SMILES string of the molecule is CCC(C)CCCCCCCCCCCCCCCCC(=O)O[C@H](COC(=O)CCCCCCCCC(C)CC)COP(=O)(O)OC[C@H](O)COP(=O)(O)OC[C@@H](COC(=O)CCCCCCCCCCCCC(C)C)OC(=O)CCCCCCCCCCCCCCCCCCC(C)C. The molecule has 0 fully saturated rings. The van der Waals surface area contributed by atoms with Gasteiger partial charge in [0, 0.05) is 25.7 Å². The van der Waals surface area contributed by atoms with Gasteiger partial charge in [-0.25, -0.2) is 9.13 Å². The number of hydrogen-bond donors (Lipinski definition) is 3. The van der Waals surface area contributed by atoms with Crippen molar-refractivity contribution in [3.05, 3.63) is 0 Å². The summed E-state index contributed by atoms with van der Waals surface area (Å²) in [5, 5.41) is 10.6. The zero-order valence-corrected chi connectivity index (χ0v) is 67.6. The van der Waals surface area contributed by atoms with Gasteiger partial charge in [-0.05, 0) is 49.4 Å². The molecule has 0 amide bonds. The van der Waals surface area contributed by atoms with Crippen molar-refractivity contribution < 1.29 is 80.2 Å². The van der Waals surface area contributed by atoms with Crippen molar-refractivity contribution in [2.24, 2.45) is 23.7 Å². The van der Waals surface area contributed by atoms with Gasteiger partial charge in [0.05, 0.1) is 26.4 Å². The molecular weight excluding hydrogens is 1310 g/mol. The van der Waals surface area contributed by atoms with Crippen molar-refractivity contribution >= 4 is 39.5 Å². The minimum atomic E-state index is -4.96. The number of carbonyl (C=O) groups is 4. The van der Waals surface area contributed by atoms with Gasteiger partial charge in [-0.2, -0.15) is 0 Å². The summed E-state index contributed by atoms with van der Waals surface area (Å²) in [6.45, 7) is 14.3. The number of rotatable bonds is 78. The molecule has 594 valence electrons. The lowest BCUT2D eigenvalue weighted by atomic mass is 9.99. The maximum Gasteiger partial charge on any atom is 0.472 e. The van der Waals surface area contributed by atoms with E-state index < -0.39 is 97.5 Å². The molecule has 0 spiro atoms. The molecular formula is C81H158O17P2. The van der Waals surface area contributed by atoms with Crippen LogP contribution in [0.2, 0.25) is 0 Å². The van der Waals surface area contributed by atoms with Crippen molar-refractivity contribution in [3.8, 4) is 0 Å². The number of phosphoric ester groups is 2. The summed E-state index contributed by atoms with van der Waals surface area (Å²) in [6, 6.07) is 0. The van der Waals surface area contributed by atoms with Crippen LogP contribution in [-0.2, 0) is 65.4 Å². The van der Waals surface area contributed by atoms with Crippen LogP contribution in [0.3, 0.4) is 0 Å². The van der Waals surface area contributed by atoms with Gasteiger partial charge >= 0.3 is 39.5 Å². The molecule has 17 nitrogen and oxygen atoms in total. The second kappa shape index (κ2) is 70.1. The van der Waals surface area contributed by atoms with Gasteiger partial charge in [-0.3, -0.25) is 37.3 Å². The fraction of sp³-hybridized carbons (Fsp3) is 0.951. The molecule has 0 aliphatic heterocycles. The van der Waals surface area contributed by atoms with Gasteiger partial charge in [0.25, 0.3) is 0 Å². The molecule has 7 atom stereocenters. The van der Waals surface area contributed by atoms with Crippen LogP contribution < -0.4 is 0 Å². The van der Waals surface area contributed by atoms with E-state index in [1.54, 1.807) is 0 Å². The van der Waals surface area contributed by atoms with Crippen LogP contribution in [0.4, 0.5) is 0 Å². The minimum Gasteiger partial charge on any atom is -0.462 e. The average molecular weight is 1470 g/mol. The quantitative estimate of drug-likeness (QED) is 0.0222. The van der Waals surface area contributed by atoms with Crippen molar-refractivity contribution in [2.45, 2.75) is 433 Å². The van der Waals surface area contributed by atoms with Crippen LogP contribution in [0.25, 0.3) is 0 Å². The maximum absolute atomic E-state index is 13.1. The van der Waals surface area contributed by atoms with Gasteiger partial charge < -0.3 is 33.8 Å². The smallest absolute Gasteiger partial charge is 0.462 e. The van der Waals surface area contributed by atoms with Crippen LogP contribution in [0, 0.1) is 23.7 Å². The summed E-state index contributed by atoms with van der Waals surface area (Å²) < 4.78 is 68.7. The van der Waals surface area contributed by atoms with E-state index in [4.69, 9.17) is 37.0 Å². The monoisotopic (exact) mass is 1470 g/mol. The zero-order chi connectivity index (χ0) is 73.8. The first-order valence-electron chi connectivity index (χ1n) is 41.8. The van der Waals surface area contributed by atoms with E-state index in [-0.39, 0.29) is 25.7 Å². The van der Waals surface area contributed by atoms with Gasteiger partial charge in [0.1, 0.15) is 19.3 Å². The molecule has 0 saturated carbocycles. The summed E-state index contributed by atoms with van der Waals surface area (Å²) in [5.41, 5.74) is 0. The Morgan fingerprint density at radius 1 is 0.280 bits per heavy atom. The van der Waals surface area contributed by atoms with E-state index in [2.05, 4.69) is 55.4 Å². The number of unbranched alkanes of at least 4 members (excludes halogenated alkanes) is 42. The average Bonchev–Trinajstić information content (AvgIpc) is 0.962. The largest absolute Gasteiger partial charge is 0.472 e. The highest BCUT2D eigenvalue weighted by atomic mass is 31.2. The topological polar surface area (TPSA) is 237 Å². The number of aliphatic hydroxyl groups is 1. The fourth-order valence-electron chi connectivity index (χ4n) is 12.4. The summed E-state index contributed by atoms with van der Waals surface area (Å²) in [6.07, 6.45) is 56.8. The molecule has 0 radical (unpaired) electrons. The molecule has 0 aromatic rings. The Kier molecular flexibility index (Phi) is 68.7. The molecule has 0 aliphatic rings. The Balaban J connectivity index is 5.23. The summed E-state index contributed by atoms with van der Waals surface area (Å²) >= 11 is 0. The fourth-order valence-corrected chi connectivity index (χ4v) is 13.9. The van der Waals surface area contributed by atoms with Crippen LogP contribution in [0.5, 0.6) is 0 Å².